The molecule has 122 valence electrons. The summed E-state index contributed by atoms with van der Waals surface area (Å²) in [5.41, 5.74) is -0.320. The largest absolute Gasteiger partial charge is 0.473 e. The molecule has 0 aliphatic carbocycles. The molecule has 0 N–H and O–H groups in total. The molecule has 22 heavy (non-hydrogen) atoms. The van der Waals surface area contributed by atoms with E-state index >= 15 is 0 Å². The standard InChI is InChI=1S/C11H16N4O5S2/c1-3-20-10-8(15(16)17)9(12-11(13-10)21-2)14-4-6-22(18,19)7-5-14/h3-7H2,1-2H3. The van der Waals surface area contributed by atoms with Gasteiger partial charge >= 0.3 is 11.6 Å². The SMILES string of the molecule is CCOc1nc(SC)nc(N2CCS(=O)(=O)CC2)c1[N+](=O)[O-]. The summed E-state index contributed by atoms with van der Waals surface area (Å²) in [7, 11) is -3.08. The van der Waals surface area contributed by atoms with Gasteiger partial charge < -0.3 is 9.64 Å². The summed E-state index contributed by atoms with van der Waals surface area (Å²) < 4.78 is 28.3. The van der Waals surface area contributed by atoms with Crippen LogP contribution in [-0.4, -0.2) is 60.8 Å². The molecular formula is C11H16N4O5S2. The zero-order chi connectivity index (χ0) is 16.3. The smallest absolute Gasteiger partial charge is 0.373 e. The Balaban J connectivity index is 2.48. The molecule has 0 bridgehead atoms. The first-order valence-corrected chi connectivity index (χ1v) is 9.61. The van der Waals surface area contributed by atoms with Crippen molar-refractivity contribution in [2.24, 2.45) is 0 Å². The molecule has 2 rings (SSSR count). The Morgan fingerprint density at radius 1 is 1.36 bits per heavy atom. The Kier molecular flexibility index (Phi) is 5.06. The van der Waals surface area contributed by atoms with E-state index in [9.17, 15) is 18.5 Å². The molecular weight excluding hydrogens is 332 g/mol. The maximum atomic E-state index is 11.5. The topological polar surface area (TPSA) is 116 Å². The fraction of sp³-hybridized carbons (Fsp3) is 0.636. The molecule has 0 atom stereocenters. The van der Waals surface area contributed by atoms with Crippen molar-refractivity contribution in [3.05, 3.63) is 10.1 Å². The monoisotopic (exact) mass is 348 g/mol. The van der Waals surface area contributed by atoms with E-state index in [4.69, 9.17) is 4.74 Å². The van der Waals surface area contributed by atoms with Gasteiger partial charge in [0, 0.05) is 13.1 Å². The lowest BCUT2D eigenvalue weighted by molar-refractivity contribution is -0.385. The number of anilines is 1. The minimum atomic E-state index is -3.08. The molecule has 0 amide bonds. The highest BCUT2D eigenvalue weighted by Crippen LogP contribution is 2.36. The van der Waals surface area contributed by atoms with Crippen LogP contribution in [0.25, 0.3) is 0 Å². The number of hydrogen-bond acceptors (Lipinski definition) is 9. The second-order valence-electron chi connectivity index (χ2n) is 4.52. The Morgan fingerprint density at radius 2 is 2.00 bits per heavy atom. The van der Waals surface area contributed by atoms with E-state index in [0.717, 1.165) is 0 Å². The van der Waals surface area contributed by atoms with Gasteiger partial charge in [0.05, 0.1) is 23.0 Å². The number of nitro groups is 1. The number of sulfone groups is 1. The summed E-state index contributed by atoms with van der Waals surface area (Å²) in [4.78, 5) is 20.6. The van der Waals surface area contributed by atoms with E-state index < -0.39 is 14.8 Å². The van der Waals surface area contributed by atoms with Gasteiger partial charge in [0.25, 0.3) is 0 Å². The average molecular weight is 348 g/mol. The molecule has 0 unspecified atom stereocenters. The van der Waals surface area contributed by atoms with Crippen LogP contribution >= 0.6 is 11.8 Å². The molecule has 0 radical (unpaired) electrons. The van der Waals surface area contributed by atoms with Crippen molar-refractivity contribution >= 4 is 33.1 Å². The van der Waals surface area contributed by atoms with E-state index in [0.29, 0.717) is 5.16 Å². The number of nitrogens with zero attached hydrogens (tertiary/aromatic N) is 4. The van der Waals surface area contributed by atoms with Crippen molar-refractivity contribution in [1.29, 1.82) is 0 Å². The predicted octanol–water partition coefficient (Wildman–Crippen LogP) is 0.740. The summed E-state index contributed by atoms with van der Waals surface area (Å²) in [6.45, 7) is 2.27. The highest BCUT2D eigenvalue weighted by molar-refractivity contribution is 7.98. The zero-order valence-corrected chi connectivity index (χ0v) is 13.8. The normalized spacial score (nSPS) is 17.3. The lowest BCUT2D eigenvalue weighted by atomic mass is 10.4. The summed E-state index contributed by atoms with van der Waals surface area (Å²) >= 11 is 1.24. The van der Waals surface area contributed by atoms with Gasteiger partial charge in [-0.3, -0.25) is 10.1 Å². The zero-order valence-electron chi connectivity index (χ0n) is 12.2. The van der Waals surface area contributed by atoms with Gasteiger partial charge in [-0.05, 0) is 13.2 Å². The first kappa shape index (κ1) is 16.7. The van der Waals surface area contributed by atoms with Crippen molar-refractivity contribution in [3.63, 3.8) is 0 Å². The molecule has 0 aromatic carbocycles. The molecule has 1 aromatic heterocycles. The van der Waals surface area contributed by atoms with Crippen molar-refractivity contribution in [2.75, 3.05) is 42.4 Å². The number of aromatic nitrogens is 2. The van der Waals surface area contributed by atoms with Gasteiger partial charge in [0.2, 0.25) is 5.82 Å². The van der Waals surface area contributed by atoms with Crippen LogP contribution in [0.3, 0.4) is 0 Å². The van der Waals surface area contributed by atoms with E-state index in [1.165, 1.54) is 11.8 Å². The number of thioether (sulfide) groups is 1. The Bertz CT molecular complexity index is 665. The van der Waals surface area contributed by atoms with Crippen molar-refractivity contribution in [3.8, 4) is 5.88 Å². The molecule has 9 nitrogen and oxygen atoms in total. The summed E-state index contributed by atoms with van der Waals surface area (Å²) in [6.07, 6.45) is 1.75. The molecule has 0 spiro atoms. The molecule has 2 heterocycles. The van der Waals surface area contributed by atoms with Gasteiger partial charge in [0.1, 0.15) is 0 Å². The quantitative estimate of drug-likeness (QED) is 0.329. The van der Waals surface area contributed by atoms with Crippen LogP contribution in [0.5, 0.6) is 5.88 Å². The van der Waals surface area contributed by atoms with E-state index in [1.54, 1.807) is 18.1 Å². The number of hydrogen-bond donors (Lipinski definition) is 0. The molecule has 1 aromatic rings. The van der Waals surface area contributed by atoms with E-state index in [-0.39, 0.29) is 48.6 Å². The minimum Gasteiger partial charge on any atom is -0.473 e. The first-order chi connectivity index (χ1) is 10.4. The van der Waals surface area contributed by atoms with E-state index in [1.807, 2.05) is 0 Å². The summed E-state index contributed by atoms with van der Waals surface area (Å²) in [5.74, 6) is -0.0719. The second kappa shape index (κ2) is 6.65. The third-order valence-corrected chi connectivity index (χ3v) is 5.26. The Labute approximate surface area is 132 Å². The molecule has 1 aliphatic rings. The first-order valence-electron chi connectivity index (χ1n) is 6.56. The Hall–Kier alpha value is -1.62. The minimum absolute atomic E-state index is 0.0489. The predicted molar refractivity (Wildman–Crippen MR) is 82.5 cm³/mol. The van der Waals surface area contributed by atoms with Crippen LogP contribution in [0.15, 0.2) is 5.16 Å². The molecule has 1 fully saturated rings. The Morgan fingerprint density at radius 3 is 2.50 bits per heavy atom. The molecule has 1 aliphatic heterocycles. The third kappa shape index (κ3) is 3.58. The van der Waals surface area contributed by atoms with E-state index in [2.05, 4.69) is 9.97 Å². The summed E-state index contributed by atoms with van der Waals surface area (Å²) in [5, 5.41) is 11.7. The van der Waals surface area contributed by atoms with Crippen LogP contribution in [0, 0.1) is 10.1 Å². The van der Waals surface area contributed by atoms with Gasteiger partial charge in [-0.1, -0.05) is 11.8 Å². The lowest BCUT2D eigenvalue weighted by Gasteiger charge is -2.27. The maximum absolute atomic E-state index is 11.5. The van der Waals surface area contributed by atoms with Crippen molar-refractivity contribution < 1.29 is 18.1 Å². The summed E-state index contributed by atoms with van der Waals surface area (Å²) in [6, 6.07) is 0. The van der Waals surface area contributed by atoms with Crippen LogP contribution in [0.4, 0.5) is 11.5 Å². The fourth-order valence-electron chi connectivity index (χ4n) is 2.04. The van der Waals surface area contributed by atoms with Gasteiger partial charge in [0.15, 0.2) is 15.0 Å². The van der Waals surface area contributed by atoms with Crippen LogP contribution in [0.2, 0.25) is 0 Å². The van der Waals surface area contributed by atoms with Gasteiger partial charge in [-0.25, -0.2) is 8.42 Å². The highest BCUT2D eigenvalue weighted by atomic mass is 32.2. The second-order valence-corrected chi connectivity index (χ2v) is 7.59. The maximum Gasteiger partial charge on any atom is 0.373 e. The van der Waals surface area contributed by atoms with Gasteiger partial charge in [-0.2, -0.15) is 9.97 Å². The number of rotatable bonds is 5. The molecule has 11 heteroatoms. The van der Waals surface area contributed by atoms with Crippen molar-refractivity contribution in [1.82, 2.24) is 9.97 Å². The van der Waals surface area contributed by atoms with Crippen LogP contribution in [0.1, 0.15) is 6.92 Å². The highest BCUT2D eigenvalue weighted by Gasteiger charge is 2.32. The van der Waals surface area contributed by atoms with Crippen molar-refractivity contribution in [2.45, 2.75) is 12.1 Å². The number of ether oxygens (including phenoxy) is 1. The van der Waals surface area contributed by atoms with Gasteiger partial charge in [-0.15, -0.1) is 0 Å². The lowest BCUT2D eigenvalue weighted by Crippen LogP contribution is -2.41. The van der Waals surface area contributed by atoms with Crippen LogP contribution in [-0.2, 0) is 9.84 Å². The molecule has 0 saturated carbocycles. The average Bonchev–Trinajstić information content (AvgIpc) is 2.46. The third-order valence-electron chi connectivity index (χ3n) is 3.10. The van der Waals surface area contributed by atoms with Crippen LogP contribution < -0.4 is 9.64 Å². The molecule has 1 saturated heterocycles. The fourth-order valence-corrected chi connectivity index (χ4v) is 3.59.